The van der Waals surface area contributed by atoms with E-state index in [1.807, 2.05) is 0 Å². The van der Waals surface area contributed by atoms with Gasteiger partial charge >= 0.3 is 7.82 Å². The molecule has 0 aromatic carbocycles. The Balaban J connectivity index is 0.00000256. The first-order valence-corrected chi connectivity index (χ1v) is 5.83. The Morgan fingerprint density at radius 1 is 1.06 bits per heavy atom. The minimum Gasteiger partial charge on any atom is -0.387 e. The van der Waals surface area contributed by atoms with Gasteiger partial charge in [0.1, 0.15) is 24.4 Å². The molecule has 0 aromatic rings. The second kappa shape index (κ2) is 6.90. The summed E-state index contributed by atoms with van der Waals surface area (Å²) in [6.07, 6.45) is -8.11. The van der Waals surface area contributed by atoms with E-state index >= 15 is 0 Å². The van der Waals surface area contributed by atoms with Gasteiger partial charge in [0.15, 0.2) is 6.29 Å². The van der Waals surface area contributed by atoms with Crippen molar-refractivity contribution in [3.05, 3.63) is 0 Å². The summed E-state index contributed by atoms with van der Waals surface area (Å²) in [6, 6.07) is 0. The quantitative estimate of drug-likeness (QED) is 0.228. The molecule has 1 rings (SSSR count). The Hall–Kier alpha value is 0.910. The number of hydrogen-bond donors (Lipinski definition) is 6. The van der Waals surface area contributed by atoms with Gasteiger partial charge in [0.05, 0.1) is 6.61 Å². The number of hydrogen-bond acceptors (Lipinski definition) is 7. The zero-order chi connectivity index (χ0) is 12.5. The molecule has 1 fully saturated rings. The molecule has 1 aliphatic rings. The van der Waals surface area contributed by atoms with Gasteiger partial charge in [-0.25, -0.2) is 4.57 Å². The van der Waals surface area contributed by atoms with E-state index in [4.69, 9.17) is 20.0 Å². The van der Waals surface area contributed by atoms with Gasteiger partial charge in [0, 0.05) is 29.6 Å². The first-order chi connectivity index (χ1) is 7.22. The smallest absolute Gasteiger partial charge is 0.387 e. The molecule has 1 saturated heterocycles. The zero-order valence-electron chi connectivity index (χ0n) is 8.95. The van der Waals surface area contributed by atoms with Crippen molar-refractivity contribution in [1.82, 2.24) is 0 Å². The number of phosphoric ester groups is 1. The summed E-state index contributed by atoms with van der Waals surface area (Å²) in [7, 11) is -4.73. The molecule has 5 atom stereocenters. The fourth-order valence-electron chi connectivity index (χ4n) is 1.24. The first-order valence-electron chi connectivity index (χ1n) is 4.30. The Morgan fingerprint density at radius 3 is 2.06 bits per heavy atom. The molecule has 0 aliphatic carbocycles. The number of rotatable bonds is 3. The molecule has 1 radical (unpaired) electrons. The molecule has 0 unspecified atom stereocenters. The van der Waals surface area contributed by atoms with E-state index in [-0.39, 0.29) is 29.6 Å². The molecule has 0 amide bonds. The van der Waals surface area contributed by atoms with Crippen LogP contribution in [0.1, 0.15) is 0 Å². The molecule has 0 saturated carbocycles. The number of phosphoric acid groups is 1. The molecule has 11 heteroatoms. The van der Waals surface area contributed by atoms with Crippen LogP contribution in [0.15, 0.2) is 0 Å². The summed E-state index contributed by atoms with van der Waals surface area (Å²) < 4.78 is 19.0. The van der Waals surface area contributed by atoms with Crippen LogP contribution in [0.3, 0.4) is 0 Å². The zero-order valence-corrected chi connectivity index (χ0v) is 11.8. The van der Waals surface area contributed by atoms with Crippen LogP contribution in [-0.4, -0.2) is 97.1 Å². The third kappa shape index (κ3) is 5.19. The second-order valence-corrected chi connectivity index (χ2v) is 4.56. The molecule has 0 spiro atoms. The van der Waals surface area contributed by atoms with E-state index in [0.717, 1.165) is 0 Å². The molecule has 6 N–H and O–H groups in total. The molecule has 17 heavy (non-hydrogen) atoms. The Morgan fingerprint density at radius 2 is 1.59 bits per heavy atom. The van der Waals surface area contributed by atoms with Gasteiger partial charge in [-0.2, -0.15) is 0 Å². The Labute approximate surface area is 119 Å². The van der Waals surface area contributed by atoms with E-state index in [2.05, 4.69) is 9.26 Å². The van der Waals surface area contributed by atoms with Crippen molar-refractivity contribution in [3.8, 4) is 0 Å². The van der Waals surface area contributed by atoms with Crippen molar-refractivity contribution in [2.24, 2.45) is 0 Å². The largest absolute Gasteiger partial charge is 0.469 e. The van der Waals surface area contributed by atoms with Crippen LogP contribution in [0.25, 0.3) is 0 Å². The SMILES string of the molecule is O=P(O)(O)OC[C@H]1O[C@@H](O)[C@H](O)[C@@H](O)[C@@H]1O.[Na]. The minimum absolute atomic E-state index is 0. The van der Waals surface area contributed by atoms with Gasteiger partial charge in [-0.05, 0) is 0 Å². The molecule has 1 heterocycles. The van der Waals surface area contributed by atoms with E-state index < -0.39 is 45.1 Å². The van der Waals surface area contributed by atoms with Crippen LogP contribution in [0.5, 0.6) is 0 Å². The summed E-state index contributed by atoms with van der Waals surface area (Å²) in [5.41, 5.74) is 0. The predicted octanol–water partition coefficient (Wildman–Crippen LogP) is -3.49. The minimum atomic E-state index is -4.73. The van der Waals surface area contributed by atoms with Crippen LogP contribution in [0.2, 0.25) is 0 Å². The second-order valence-electron chi connectivity index (χ2n) is 3.32. The number of aliphatic hydroxyl groups is 4. The molecule has 0 bridgehead atoms. The van der Waals surface area contributed by atoms with E-state index in [1.54, 1.807) is 0 Å². The fourth-order valence-corrected chi connectivity index (χ4v) is 1.58. The monoisotopic (exact) mass is 283 g/mol. The van der Waals surface area contributed by atoms with Crippen molar-refractivity contribution in [2.75, 3.05) is 6.61 Å². The van der Waals surface area contributed by atoms with E-state index in [9.17, 15) is 14.8 Å². The van der Waals surface area contributed by atoms with Gasteiger partial charge in [-0.3, -0.25) is 4.52 Å². The molecular formula is C6H13NaO9P. The van der Waals surface area contributed by atoms with Crippen LogP contribution >= 0.6 is 7.82 Å². The fraction of sp³-hybridized carbons (Fsp3) is 1.00. The maximum atomic E-state index is 10.4. The number of aliphatic hydroxyl groups excluding tert-OH is 4. The van der Waals surface area contributed by atoms with E-state index in [1.165, 1.54) is 0 Å². The summed E-state index contributed by atoms with van der Waals surface area (Å²) in [5.74, 6) is 0. The van der Waals surface area contributed by atoms with Crippen molar-refractivity contribution in [2.45, 2.75) is 30.7 Å². The molecule has 1 aliphatic heterocycles. The van der Waals surface area contributed by atoms with Crippen LogP contribution in [0.4, 0.5) is 0 Å². The normalized spacial score (nSPS) is 38.6. The number of ether oxygens (including phenoxy) is 1. The average molecular weight is 283 g/mol. The molecular weight excluding hydrogens is 270 g/mol. The van der Waals surface area contributed by atoms with Gasteiger partial charge < -0.3 is 34.9 Å². The summed E-state index contributed by atoms with van der Waals surface area (Å²) in [4.78, 5) is 16.8. The van der Waals surface area contributed by atoms with Gasteiger partial charge in [-0.15, -0.1) is 0 Å². The van der Waals surface area contributed by atoms with Gasteiger partial charge in [0.2, 0.25) is 0 Å². The van der Waals surface area contributed by atoms with E-state index in [0.29, 0.717) is 0 Å². The Bertz CT molecular complexity index is 283. The van der Waals surface area contributed by atoms with Crippen molar-refractivity contribution in [1.29, 1.82) is 0 Å². The maximum Gasteiger partial charge on any atom is 0.469 e. The predicted molar refractivity (Wildman–Crippen MR) is 52.7 cm³/mol. The third-order valence-corrected chi connectivity index (χ3v) is 2.58. The van der Waals surface area contributed by atoms with Crippen molar-refractivity contribution < 1.29 is 44.0 Å². The summed E-state index contributed by atoms with van der Waals surface area (Å²) >= 11 is 0. The first kappa shape index (κ1) is 17.9. The van der Waals surface area contributed by atoms with Crippen LogP contribution in [-0.2, 0) is 13.8 Å². The topological polar surface area (TPSA) is 157 Å². The van der Waals surface area contributed by atoms with Crippen molar-refractivity contribution in [3.63, 3.8) is 0 Å². The summed E-state index contributed by atoms with van der Waals surface area (Å²) in [6.45, 7) is -0.730. The van der Waals surface area contributed by atoms with Gasteiger partial charge in [-0.1, -0.05) is 0 Å². The molecule has 9 nitrogen and oxygen atoms in total. The third-order valence-electron chi connectivity index (χ3n) is 2.09. The summed E-state index contributed by atoms with van der Waals surface area (Å²) in [5, 5.41) is 36.7. The Kier molecular flexibility index (Phi) is 7.27. The van der Waals surface area contributed by atoms with Crippen molar-refractivity contribution >= 4 is 37.4 Å². The maximum absolute atomic E-state index is 10.4. The molecule has 0 aromatic heterocycles. The standard InChI is InChI=1S/C6H13O9P.Na/c7-3-2(1-14-16(11,12)13)15-6(10)5(9)4(3)8;/h2-10H,1H2,(H2,11,12,13);/t2-,3-,4+,5-,6-;/m1./s1. The van der Waals surface area contributed by atoms with Crippen LogP contribution in [0, 0.1) is 0 Å². The average Bonchev–Trinajstić information content (AvgIpc) is 2.17. The van der Waals surface area contributed by atoms with Gasteiger partial charge in [0.25, 0.3) is 0 Å². The van der Waals surface area contributed by atoms with Crippen LogP contribution < -0.4 is 0 Å². The molecule has 97 valence electrons.